The number of carbonyl (C=O) groups excluding carboxylic acids is 1. The van der Waals surface area contributed by atoms with E-state index in [9.17, 15) is 9.90 Å². The van der Waals surface area contributed by atoms with E-state index in [1.807, 2.05) is 27.7 Å². The first-order valence-corrected chi connectivity index (χ1v) is 5.49. The molecular weight excluding hydrogens is 194 g/mol. The van der Waals surface area contributed by atoms with Crippen LogP contribution in [0.3, 0.4) is 0 Å². The van der Waals surface area contributed by atoms with Gasteiger partial charge >= 0.3 is 6.09 Å². The Labute approximate surface area is 91.2 Å². The molecule has 1 N–H and O–H groups in total. The van der Waals surface area contributed by atoms with E-state index in [-0.39, 0.29) is 18.1 Å². The van der Waals surface area contributed by atoms with Crippen LogP contribution in [0.5, 0.6) is 0 Å². The second-order valence-corrected chi connectivity index (χ2v) is 5.12. The number of hydrogen-bond donors (Lipinski definition) is 1. The lowest BCUT2D eigenvalue weighted by atomic mass is 9.93. The van der Waals surface area contributed by atoms with E-state index in [1.165, 1.54) is 0 Å². The van der Waals surface area contributed by atoms with Crippen LogP contribution in [0.2, 0.25) is 0 Å². The van der Waals surface area contributed by atoms with Crippen molar-refractivity contribution in [3.05, 3.63) is 0 Å². The van der Waals surface area contributed by atoms with Crippen molar-refractivity contribution in [2.24, 2.45) is 5.92 Å². The van der Waals surface area contributed by atoms with E-state index in [1.54, 1.807) is 4.90 Å². The number of aliphatic hydroxyl groups excluding tert-OH is 1. The maximum absolute atomic E-state index is 11.5. The quantitative estimate of drug-likeness (QED) is 0.761. The normalized spacial score (nSPS) is 19.7. The van der Waals surface area contributed by atoms with Gasteiger partial charge in [0.1, 0.15) is 5.60 Å². The third kappa shape index (κ3) is 3.38. The first-order valence-electron chi connectivity index (χ1n) is 5.49. The van der Waals surface area contributed by atoms with Crippen molar-refractivity contribution in [2.75, 3.05) is 13.1 Å². The summed E-state index contributed by atoms with van der Waals surface area (Å²) in [4.78, 5) is 13.2. The average molecular weight is 215 g/mol. The summed E-state index contributed by atoms with van der Waals surface area (Å²) < 4.78 is 5.21. The molecule has 0 saturated carbocycles. The van der Waals surface area contributed by atoms with E-state index < -0.39 is 5.60 Å². The van der Waals surface area contributed by atoms with Gasteiger partial charge < -0.3 is 14.7 Å². The Morgan fingerprint density at radius 2 is 2.07 bits per heavy atom. The van der Waals surface area contributed by atoms with Crippen LogP contribution < -0.4 is 0 Å². The first kappa shape index (κ1) is 12.3. The van der Waals surface area contributed by atoms with Gasteiger partial charge in [-0.2, -0.15) is 0 Å². The number of likely N-dealkylation sites (tertiary alicyclic amines) is 1. The molecule has 1 rings (SSSR count). The minimum Gasteiger partial charge on any atom is -0.444 e. The number of rotatable bonds is 2. The molecular formula is C11H21NO3. The van der Waals surface area contributed by atoms with Crippen LogP contribution in [0.4, 0.5) is 4.79 Å². The average Bonchev–Trinajstić information content (AvgIpc) is 1.97. The molecule has 1 unspecified atom stereocenters. The van der Waals surface area contributed by atoms with E-state index in [0.29, 0.717) is 13.1 Å². The highest BCUT2D eigenvalue weighted by Crippen LogP contribution is 2.23. The summed E-state index contributed by atoms with van der Waals surface area (Å²) in [6.07, 6.45) is 0.179. The summed E-state index contributed by atoms with van der Waals surface area (Å²) in [5.74, 6) is 0.225. The minimum atomic E-state index is -0.439. The van der Waals surface area contributed by atoms with Crippen molar-refractivity contribution in [3.63, 3.8) is 0 Å². The number of aliphatic hydroxyl groups is 1. The molecule has 1 atom stereocenters. The number of hydrogen-bond acceptors (Lipinski definition) is 3. The Morgan fingerprint density at radius 1 is 1.53 bits per heavy atom. The molecule has 1 aliphatic rings. The molecule has 1 fully saturated rings. The van der Waals surface area contributed by atoms with Crippen molar-refractivity contribution in [1.82, 2.24) is 4.90 Å². The predicted molar refractivity (Wildman–Crippen MR) is 57.6 cm³/mol. The lowest BCUT2D eigenvalue weighted by molar-refractivity contribution is -0.0312. The lowest BCUT2D eigenvalue weighted by Gasteiger charge is -2.41. The summed E-state index contributed by atoms with van der Waals surface area (Å²) in [5, 5.41) is 9.53. The third-order valence-corrected chi connectivity index (χ3v) is 2.52. The largest absolute Gasteiger partial charge is 0.444 e. The van der Waals surface area contributed by atoms with Gasteiger partial charge in [-0.05, 0) is 27.2 Å². The Balaban J connectivity index is 2.30. The topological polar surface area (TPSA) is 49.8 Å². The van der Waals surface area contributed by atoms with E-state index in [2.05, 4.69) is 0 Å². The van der Waals surface area contributed by atoms with Gasteiger partial charge in [0, 0.05) is 19.0 Å². The second-order valence-electron chi connectivity index (χ2n) is 5.12. The van der Waals surface area contributed by atoms with Gasteiger partial charge in [0.15, 0.2) is 0 Å². The fraction of sp³-hybridized carbons (Fsp3) is 0.909. The smallest absolute Gasteiger partial charge is 0.410 e. The lowest BCUT2D eigenvalue weighted by Crippen LogP contribution is -2.55. The molecule has 0 aromatic rings. The Morgan fingerprint density at radius 3 is 2.47 bits per heavy atom. The van der Waals surface area contributed by atoms with Gasteiger partial charge in [0.2, 0.25) is 0 Å². The molecule has 0 radical (unpaired) electrons. The summed E-state index contributed by atoms with van der Waals surface area (Å²) in [7, 11) is 0. The van der Waals surface area contributed by atoms with E-state index >= 15 is 0 Å². The molecule has 0 aromatic carbocycles. The molecule has 4 heteroatoms. The van der Waals surface area contributed by atoms with Crippen LogP contribution in [0.1, 0.15) is 34.1 Å². The summed E-state index contributed by atoms with van der Waals surface area (Å²) in [6, 6.07) is 0. The van der Waals surface area contributed by atoms with Gasteiger partial charge in [0.05, 0.1) is 6.10 Å². The zero-order valence-electron chi connectivity index (χ0n) is 9.99. The zero-order valence-corrected chi connectivity index (χ0v) is 9.99. The van der Waals surface area contributed by atoms with Gasteiger partial charge in [-0.25, -0.2) is 4.79 Å². The predicted octanol–water partition coefficient (Wildman–Crippen LogP) is 1.62. The molecule has 4 nitrogen and oxygen atoms in total. The number of nitrogens with zero attached hydrogens (tertiary/aromatic N) is 1. The van der Waals surface area contributed by atoms with Crippen molar-refractivity contribution in [1.29, 1.82) is 0 Å². The van der Waals surface area contributed by atoms with Crippen LogP contribution in [0.15, 0.2) is 0 Å². The highest BCUT2D eigenvalue weighted by molar-refractivity contribution is 5.69. The maximum Gasteiger partial charge on any atom is 0.410 e. The Bertz CT molecular complexity index is 228. The maximum atomic E-state index is 11.5. The second kappa shape index (κ2) is 4.39. The number of amides is 1. The molecule has 88 valence electrons. The van der Waals surface area contributed by atoms with Crippen molar-refractivity contribution in [2.45, 2.75) is 45.8 Å². The molecule has 1 heterocycles. The van der Waals surface area contributed by atoms with Crippen molar-refractivity contribution >= 4 is 6.09 Å². The van der Waals surface area contributed by atoms with E-state index in [0.717, 1.165) is 6.42 Å². The monoisotopic (exact) mass is 215 g/mol. The molecule has 15 heavy (non-hydrogen) atoms. The first-order chi connectivity index (χ1) is 6.83. The minimum absolute atomic E-state index is 0.225. The molecule has 0 spiro atoms. The van der Waals surface area contributed by atoms with Gasteiger partial charge in [-0.3, -0.25) is 0 Å². The van der Waals surface area contributed by atoms with Gasteiger partial charge in [0.25, 0.3) is 0 Å². The zero-order chi connectivity index (χ0) is 11.6. The Hall–Kier alpha value is -0.770. The molecule has 0 aliphatic carbocycles. The number of ether oxygens (including phenoxy) is 1. The van der Waals surface area contributed by atoms with Crippen LogP contribution >= 0.6 is 0 Å². The highest BCUT2D eigenvalue weighted by Gasteiger charge is 2.36. The van der Waals surface area contributed by atoms with Gasteiger partial charge in [-0.15, -0.1) is 0 Å². The molecule has 1 amide bonds. The molecule has 0 aromatic heterocycles. The third-order valence-electron chi connectivity index (χ3n) is 2.52. The highest BCUT2D eigenvalue weighted by atomic mass is 16.6. The molecule has 1 aliphatic heterocycles. The SMILES string of the molecule is CCC(O)C1CN(C(=O)OC(C)(C)C)C1. The Kier molecular flexibility index (Phi) is 3.60. The fourth-order valence-corrected chi connectivity index (χ4v) is 1.56. The van der Waals surface area contributed by atoms with Crippen molar-refractivity contribution in [3.8, 4) is 0 Å². The molecule has 1 saturated heterocycles. The van der Waals surface area contributed by atoms with Gasteiger partial charge in [-0.1, -0.05) is 6.92 Å². The van der Waals surface area contributed by atoms with Crippen molar-refractivity contribution < 1.29 is 14.6 Å². The van der Waals surface area contributed by atoms with E-state index in [4.69, 9.17) is 4.74 Å². The summed E-state index contributed by atoms with van der Waals surface area (Å²) in [6.45, 7) is 8.73. The summed E-state index contributed by atoms with van der Waals surface area (Å²) >= 11 is 0. The van der Waals surface area contributed by atoms with Crippen LogP contribution in [0, 0.1) is 5.92 Å². The standard InChI is InChI=1S/C11H21NO3/c1-5-9(13)8-6-12(7-8)10(14)15-11(2,3)4/h8-9,13H,5-7H2,1-4H3. The number of carbonyl (C=O) groups is 1. The van der Waals surface area contributed by atoms with Crippen LogP contribution in [-0.2, 0) is 4.74 Å². The molecule has 0 bridgehead atoms. The van der Waals surface area contributed by atoms with Crippen LogP contribution in [-0.4, -0.2) is 40.9 Å². The summed E-state index contributed by atoms with van der Waals surface area (Å²) in [5.41, 5.74) is -0.439. The van der Waals surface area contributed by atoms with Crippen LogP contribution in [0.25, 0.3) is 0 Å². The fourth-order valence-electron chi connectivity index (χ4n) is 1.56.